The lowest BCUT2D eigenvalue weighted by molar-refractivity contribution is -0.206. The molecule has 2 N–H and O–H groups in total. The van der Waals surface area contributed by atoms with E-state index in [1.54, 1.807) is 0 Å². The predicted octanol–water partition coefficient (Wildman–Crippen LogP) is 2.42. The zero-order valence-corrected chi connectivity index (χ0v) is 25.0. The van der Waals surface area contributed by atoms with Crippen molar-refractivity contribution in [2.24, 2.45) is 39.9 Å². The number of carbonyl (C=O) groups excluding carboxylic acids is 3. The van der Waals surface area contributed by atoms with Crippen molar-refractivity contribution in [3.05, 3.63) is 0 Å². The zero-order chi connectivity index (χ0) is 31.3. The lowest BCUT2D eigenvalue weighted by Gasteiger charge is -2.58. The molecule has 0 aliphatic heterocycles. The molecule has 4 atom stereocenters. The number of ether oxygens (including phenoxy) is 3. The molecule has 0 radical (unpaired) electrons. The van der Waals surface area contributed by atoms with Crippen LogP contribution in [0.1, 0.15) is 84.0 Å². The number of halogens is 2. The quantitative estimate of drug-likeness (QED) is 0.205. The number of aliphatic hydroxyl groups is 2. The Bertz CT molecular complexity index is 1220. The molecule has 8 aliphatic rings. The van der Waals surface area contributed by atoms with Gasteiger partial charge in [0.2, 0.25) is 0 Å². The van der Waals surface area contributed by atoms with E-state index in [0.29, 0.717) is 51.4 Å². The van der Waals surface area contributed by atoms with Crippen LogP contribution in [-0.4, -0.2) is 77.4 Å². The van der Waals surface area contributed by atoms with Crippen LogP contribution in [0.2, 0.25) is 0 Å². The van der Waals surface area contributed by atoms with Gasteiger partial charge in [-0.3, -0.25) is 14.4 Å². The fraction of sp³-hybridized carbons (Fsp3) is 0.897. The largest absolute Gasteiger partial charge is 0.743 e. The Kier molecular flexibility index (Phi) is 7.09. The molecule has 8 saturated carbocycles. The van der Waals surface area contributed by atoms with Gasteiger partial charge in [0.15, 0.2) is 16.7 Å². The van der Waals surface area contributed by atoms with Gasteiger partial charge in [0.05, 0.1) is 22.0 Å². The number of hydrogen-bond donors (Lipinski definition) is 2. The van der Waals surface area contributed by atoms with E-state index in [0.717, 1.165) is 12.8 Å². The van der Waals surface area contributed by atoms with Crippen molar-refractivity contribution in [1.29, 1.82) is 0 Å². The predicted molar refractivity (Wildman–Crippen MR) is 140 cm³/mol. The topological polar surface area (TPSA) is 177 Å². The van der Waals surface area contributed by atoms with E-state index in [4.69, 9.17) is 9.47 Å². The summed E-state index contributed by atoms with van der Waals surface area (Å²) in [5, 5.41) is 17.1. The molecule has 14 heteroatoms. The van der Waals surface area contributed by atoms with E-state index in [1.807, 2.05) is 0 Å². The Hall–Kier alpha value is -1.90. The van der Waals surface area contributed by atoms with E-state index in [1.165, 1.54) is 6.92 Å². The summed E-state index contributed by atoms with van der Waals surface area (Å²) in [4.78, 5) is 40.1. The number of rotatable bonds is 10. The van der Waals surface area contributed by atoms with Gasteiger partial charge in [-0.1, -0.05) is 0 Å². The molecule has 8 fully saturated rings. The Balaban J connectivity index is 1.17. The molecular weight excluding hydrogens is 594 g/mol. The lowest BCUT2D eigenvalue weighted by Crippen LogP contribution is -2.59. The van der Waals surface area contributed by atoms with Crippen LogP contribution in [0.3, 0.4) is 0 Å². The second-order valence-electron chi connectivity index (χ2n) is 15.3. The molecule has 4 unspecified atom stereocenters. The van der Waals surface area contributed by atoms with Crippen LogP contribution in [0.15, 0.2) is 0 Å². The molecule has 0 aromatic rings. The van der Waals surface area contributed by atoms with Gasteiger partial charge in [-0.25, -0.2) is 8.42 Å². The van der Waals surface area contributed by atoms with E-state index in [9.17, 15) is 46.3 Å². The summed E-state index contributed by atoms with van der Waals surface area (Å²) < 4.78 is 76.2. The van der Waals surface area contributed by atoms with Gasteiger partial charge in [-0.15, -0.1) is 0 Å². The van der Waals surface area contributed by atoms with Crippen LogP contribution in [0.5, 0.6) is 0 Å². The second-order valence-corrected chi connectivity index (χ2v) is 16.8. The maximum atomic E-state index is 13.8. The first-order valence-electron chi connectivity index (χ1n) is 15.1. The van der Waals surface area contributed by atoms with E-state index in [2.05, 4.69) is 4.74 Å². The molecule has 8 bridgehead atoms. The summed E-state index contributed by atoms with van der Waals surface area (Å²) in [7, 11) is -6.14. The molecule has 43 heavy (non-hydrogen) atoms. The monoisotopic (exact) mass is 633 g/mol. The number of esters is 3. The van der Waals surface area contributed by atoms with E-state index < -0.39 is 80.5 Å². The first-order valence-corrected chi connectivity index (χ1v) is 16.5. The molecule has 8 rings (SSSR count). The van der Waals surface area contributed by atoms with Gasteiger partial charge in [-0.05, 0) is 108 Å². The molecule has 0 aromatic carbocycles. The van der Waals surface area contributed by atoms with Gasteiger partial charge >= 0.3 is 23.2 Å². The Labute approximate surface area is 248 Å². The average Bonchev–Trinajstić information content (AvgIpc) is 2.85. The number of hydrogen-bond acceptors (Lipinski definition) is 11. The van der Waals surface area contributed by atoms with Gasteiger partial charge < -0.3 is 29.0 Å². The first-order chi connectivity index (χ1) is 19.8. The van der Waals surface area contributed by atoms with Crippen molar-refractivity contribution < 1.29 is 60.6 Å². The van der Waals surface area contributed by atoms with Gasteiger partial charge in [0.25, 0.3) is 0 Å². The first kappa shape index (κ1) is 31.1. The van der Waals surface area contributed by atoms with Crippen LogP contribution in [0.4, 0.5) is 8.78 Å². The van der Waals surface area contributed by atoms with Gasteiger partial charge in [0, 0.05) is 0 Å². The molecule has 0 spiro atoms. The third kappa shape index (κ3) is 5.48. The highest BCUT2D eigenvalue weighted by molar-refractivity contribution is 7.86. The molecule has 0 amide bonds. The SMILES string of the molecule is CC(COC(=O)C12CC3CC(CC(O)(C3)C1)C2)(COC(=O)C12CC3CC(CC(O)(C3)C1)C2)C(=O)OCC(F)(F)S(=O)(=O)[O-]. The summed E-state index contributed by atoms with van der Waals surface area (Å²) in [6.07, 6.45) is 6.73. The van der Waals surface area contributed by atoms with Crippen molar-refractivity contribution in [1.82, 2.24) is 0 Å². The number of carbonyl (C=O) groups is 3. The fourth-order valence-corrected chi connectivity index (χ4v) is 10.4. The third-order valence-electron chi connectivity index (χ3n) is 11.2. The minimum absolute atomic E-state index is 0.155. The summed E-state index contributed by atoms with van der Waals surface area (Å²) >= 11 is 0. The summed E-state index contributed by atoms with van der Waals surface area (Å²) in [5.41, 5.74) is -5.89. The molecule has 0 saturated heterocycles. The fourth-order valence-electron chi connectivity index (χ4n) is 10.2. The van der Waals surface area contributed by atoms with Crippen molar-refractivity contribution >= 4 is 28.0 Å². The van der Waals surface area contributed by atoms with Crippen LogP contribution in [0.25, 0.3) is 0 Å². The van der Waals surface area contributed by atoms with Gasteiger partial charge in [-0.2, -0.15) is 8.78 Å². The molecule has 11 nitrogen and oxygen atoms in total. The van der Waals surface area contributed by atoms with Crippen LogP contribution in [-0.2, 0) is 38.7 Å². The Morgan fingerprint density at radius 3 is 1.44 bits per heavy atom. The van der Waals surface area contributed by atoms with Crippen molar-refractivity contribution in [3.8, 4) is 0 Å². The molecule has 242 valence electrons. The van der Waals surface area contributed by atoms with Crippen molar-refractivity contribution in [3.63, 3.8) is 0 Å². The highest BCUT2D eigenvalue weighted by atomic mass is 32.2. The summed E-state index contributed by atoms with van der Waals surface area (Å²) in [6.45, 7) is -2.34. The zero-order valence-electron chi connectivity index (χ0n) is 24.1. The molecule has 0 aromatic heterocycles. The average molecular weight is 634 g/mol. The van der Waals surface area contributed by atoms with Crippen LogP contribution in [0, 0.1) is 39.9 Å². The van der Waals surface area contributed by atoms with E-state index >= 15 is 0 Å². The minimum atomic E-state index is -6.14. The van der Waals surface area contributed by atoms with Crippen molar-refractivity contribution in [2.75, 3.05) is 19.8 Å². The standard InChI is InChI=1S/C29H40F2O11S/c1-24(21(32)42-16-29(30,31)43(37,38)39,14-40-22(33)25-4-17-2-18(5-25)9-27(35,8-17)12-25)15-41-23(34)26-6-19-3-20(7-26)11-28(36,10-19)13-26/h17-20,35-36H,2-16H2,1H3,(H,37,38,39)/p-1. The number of alkyl halides is 2. The second kappa shape index (κ2) is 9.80. The van der Waals surface area contributed by atoms with Crippen LogP contribution >= 0.6 is 0 Å². The maximum absolute atomic E-state index is 13.8. The van der Waals surface area contributed by atoms with E-state index in [-0.39, 0.29) is 36.5 Å². The third-order valence-corrected chi connectivity index (χ3v) is 12.0. The minimum Gasteiger partial charge on any atom is -0.743 e. The molecule has 0 heterocycles. The summed E-state index contributed by atoms with van der Waals surface area (Å²) in [6, 6.07) is 0. The Morgan fingerprint density at radius 1 is 0.744 bits per heavy atom. The lowest BCUT2D eigenvalue weighted by atomic mass is 9.48. The molecular formula is C29H39F2O11S-. The molecule has 8 aliphatic carbocycles. The highest BCUT2D eigenvalue weighted by Gasteiger charge is 2.63. The van der Waals surface area contributed by atoms with Crippen molar-refractivity contribution in [2.45, 2.75) is 100 Å². The maximum Gasteiger partial charge on any atom is 0.367 e. The normalized spacial score (nSPS) is 42.4. The van der Waals surface area contributed by atoms with Gasteiger partial charge in [0.1, 0.15) is 18.6 Å². The Morgan fingerprint density at radius 2 is 1.12 bits per heavy atom. The smallest absolute Gasteiger partial charge is 0.367 e. The highest BCUT2D eigenvalue weighted by Crippen LogP contribution is 2.63. The van der Waals surface area contributed by atoms with Crippen LogP contribution < -0.4 is 0 Å². The summed E-state index contributed by atoms with van der Waals surface area (Å²) in [5.74, 6) is -2.12.